The van der Waals surface area contributed by atoms with Crippen LogP contribution < -0.4 is 15.8 Å². The third kappa shape index (κ3) is 5.01. The second kappa shape index (κ2) is 5.79. The second-order valence-electron chi connectivity index (χ2n) is 4.72. The van der Waals surface area contributed by atoms with Gasteiger partial charge >= 0.3 is 0 Å². The van der Waals surface area contributed by atoms with E-state index in [2.05, 4.69) is 10.0 Å². The van der Waals surface area contributed by atoms with Crippen LogP contribution in [0.4, 0.5) is 0 Å². The molecule has 100 valence electrons. The number of hydrogen-bond donors (Lipinski definition) is 3. The molecule has 2 unspecified atom stereocenters. The van der Waals surface area contributed by atoms with Gasteiger partial charge in [0.05, 0.1) is 12.3 Å². The number of rotatable bonds is 5. The number of hydrogen-bond acceptors (Lipinski definition) is 4. The molecule has 0 aromatic rings. The maximum absolute atomic E-state index is 11.3. The molecule has 0 heterocycles. The Balaban J connectivity index is 2.45. The Morgan fingerprint density at radius 2 is 2.12 bits per heavy atom. The summed E-state index contributed by atoms with van der Waals surface area (Å²) in [7, 11) is -3.18. The van der Waals surface area contributed by atoms with Crippen molar-refractivity contribution in [2.75, 3.05) is 12.8 Å². The van der Waals surface area contributed by atoms with E-state index in [9.17, 15) is 13.2 Å². The van der Waals surface area contributed by atoms with E-state index in [0.717, 1.165) is 25.5 Å². The van der Waals surface area contributed by atoms with Crippen LogP contribution in [0, 0.1) is 5.92 Å². The van der Waals surface area contributed by atoms with E-state index in [-0.39, 0.29) is 17.9 Å². The highest BCUT2D eigenvalue weighted by atomic mass is 32.2. The summed E-state index contributed by atoms with van der Waals surface area (Å²) < 4.78 is 24.9. The third-order valence-electron chi connectivity index (χ3n) is 2.98. The minimum Gasteiger partial charge on any atom is -0.354 e. The molecular weight excluding hydrogens is 242 g/mol. The summed E-state index contributed by atoms with van der Waals surface area (Å²) in [5.41, 5.74) is 5.43. The lowest BCUT2D eigenvalue weighted by Crippen LogP contribution is -2.45. The van der Waals surface area contributed by atoms with Crippen LogP contribution in [-0.4, -0.2) is 39.2 Å². The van der Waals surface area contributed by atoms with Crippen LogP contribution in [0.15, 0.2) is 0 Å². The molecule has 0 spiro atoms. The summed E-state index contributed by atoms with van der Waals surface area (Å²) in [6.45, 7) is 2.10. The zero-order valence-corrected chi connectivity index (χ0v) is 11.1. The maximum Gasteiger partial charge on any atom is 0.236 e. The maximum atomic E-state index is 11.3. The molecule has 1 saturated carbocycles. The van der Waals surface area contributed by atoms with Crippen LogP contribution in [0.1, 0.15) is 26.2 Å². The first-order valence-corrected chi connectivity index (χ1v) is 7.69. The van der Waals surface area contributed by atoms with Gasteiger partial charge in [0.25, 0.3) is 0 Å². The van der Waals surface area contributed by atoms with Crippen molar-refractivity contribution < 1.29 is 13.2 Å². The molecule has 1 fully saturated rings. The molecule has 0 aliphatic heterocycles. The van der Waals surface area contributed by atoms with Gasteiger partial charge in [0.2, 0.25) is 15.9 Å². The molecule has 0 saturated heterocycles. The molecule has 1 amide bonds. The number of carbonyl (C=O) groups excluding carboxylic acids is 1. The van der Waals surface area contributed by atoms with Crippen LogP contribution >= 0.6 is 0 Å². The van der Waals surface area contributed by atoms with Gasteiger partial charge in [-0.1, -0.05) is 6.42 Å². The monoisotopic (exact) mass is 263 g/mol. The van der Waals surface area contributed by atoms with E-state index in [1.807, 2.05) is 0 Å². The Morgan fingerprint density at radius 1 is 1.47 bits per heavy atom. The van der Waals surface area contributed by atoms with E-state index in [0.29, 0.717) is 6.54 Å². The van der Waals surface area contributed by atoms with E-state index in [1.165, 1.54) is 0 Å². The van der Waals surface area contributed by atoms with Gasteiger partial charge in [-0.15, -0.1) is 0 Å². The lowest BCUT2D eigenvalue weighted by atomic mass is 10.0. The number of nitrogens with two attached hydrogens (primary N) is 1. The van der Waals surface area contributed by atoms with Gasteiger partial charge in [0, 0.05) is 12.6 Å². The van der Waals surface area contributed by atoms with Crippen LogP contribution in [0.25, 0.3) is 0 Å². The zero-order valence-electron chi connectivity index (χ0n) is 10.3. The average molecular weight is 263 g/mol. The number of carbonyl (C=O) groups is 1. The molecule has 4 N–H and O–H groups in total. The first-order valence-electron chi connectivity index (χ1n) is 5.80. The second-order valence-corrected chi connectivity index (χ2v) is 6.50. The van der Waals surface area contributed by atoms with E-state index < -0.39 is 16.1 Å². The minimum atomic E-state index is -3.18. The molecule has 17 heavy (non-hydrogen) atoms. The Kier molecular flexibility index (Phi) is 4.91. The molecule has 0 bridgehead atoms. The molecule has 0 radical (unpaired) electrons. The van der Waals surface area contributed by atoms with Gasteiger partial charge in [-0.2, -0.15) is 0 Å². The first kappa shape index (κ1) is 14.4. The zero-order chi connectivity index (χ0) is 13.1. The number of nitrogens with one attached hydrogen (secondary N) is 2. The smallest absolute Gasteiger partial charge is 0.236 e. The van der Waals surface area contributed by atoms with Gasteiger partial charge in [0.1, 0.15) is 0 Å². The highest BCUT2D eigenvalue weighted by molar-refractivity contribution is 7.88. The summed E-state index contributed by atoms with van der Waals surface area (Å²) in [4.78, 5) is 11.3. The third-order valence-corrected chi connectivity index (χ3v) is 3.71. The normalized spacial score (nSPS) is 26.8. The standard InChI is InChI=1S/C10H21N3O3S/c1-7(11)10(14)12-6-8-4-3-5-9(8)13-17(2,15)16/h7-9,13H,3-6,11H2,1-2H3,(H,12,14)/t7-,8?,9?/m0/s1. The predicted octanol–water partition coefficient (Wildman–Crippen LogP) is -0.832. The Bertz CT molecular complexity index is 367. The topological polar surface area (TPSA) is 101 Å². The molecule has 0 aromatic carbocycles. The lowest BCUT2D eigenvalue weighted by Gasteiger charge is -2.20. The summed E-state index contributed by atoms with van der Waals surface area (Å²) in [5, 5.41) is 2.74. The van der Waals surface area contributed by atoms with E-state index >= 15 is 0 Å². The van der Waals surface area contributed by atoms with Crippen molar-refractivity contribution in [3.63, 3.8) is 0 Å². The number of sulfonamides is 1. The highest BCUT2D eigenvalue weighted by Crippen LogP contribution is 2.25. The fourth-order valence-corrected chi connectivity index (χ4v) is 2.96. The fourth-order valence-electron chi connectivity index (χ4n) is 2.10. The molecule has 7 heteroatoms. The van der Waals surface area contributed by atoms with Crippen LogP contribution in [0.3, 0.4) is 0 Å². The number of amides is 1. The van der Waals surface area contributed by atoms with Gasteiger partial charge in [0.15, 0.2) is 0 Å². The molecule has 1 aliphatic carbocycles. The van der Waals surface area contributed by atoms with Gasteiger partial charge < -0.3 is 11.1 Å². The Morgan fingerprint density at radius 3 is 2.65 bits per heavy atom. The predicted molar refractivity (Wildman–Crippen MR) is 65.8 cm³/mol. The Labute approximate surface area is 102 Å². The van der Waals surface area contributed by atoms with Crippen molar-refractivity contribution in [3.8, 4) is 0 Å². The largest absolute Gasteiger partial charge is 0.354 e. The van der Waals surface area contributed by atoms with Crippen molar-refractivity contribution in [3.05, 3.63) is 0 Å². The van der Waals surface area contributed by atoms with Crippen molar-refractivity contribution in [2.24, 2.45) is 11.7 Å². The van der Waals surface area contributed by atoms with Crippen molar-refractivity contribution >= 4 is 15.9 Å². The first-order chi connectivity index (χ1) is 7.79. The SMILES string of the molecule is C[C@H](N)C(=O)NCC1CCCC1NS(C)(=O)=O. The molecule has 1 aliphatic rings. The molecule has 0 aromatic heterocycles. The van der Waals surface area contributed by atoms with Gasteiger partial charge in [-0.3, -0.25) is 4.79 Å². The minimum absolute atomic E-state index is 0.0709. The Hall–Kier alpha value is -0.660. The molecule has 3 atom stereocenters. The van der Waals surface area contributed by atoms with Crippen molar-refractivity contribution in [1.82, 2.24) is 10.0 Å². The molecule has 1 rings (SSSR count). The van der Waals surface area contributed by atoms with Crippen molar-refractivity contribution in [2.45, 2.75) is 38.3 Å². The van der Waals surface area contributed by atoms with Crippen molar-refractivity contribution in [1.29, 1.82) is 0 Å². The lowest BCUT2D eigenvalue weighted by molar-refractivity contribution is -0.122. The summed E-state index contributed by atoms with van der Waals surface area (Å²) in [6, 6.07) is -0.601. The fraction of sp³-hybridized carbons (Fsp3) is 0.900. The van der Waals surface area contributed by atoms with Crippen LogP contribution in [0.5, 0.6) is 0 Å². The molecule has 6 nitrogen and oxygen atoms in total. The van der Waals surface area contributed by atoms with Crippen LogP contribution in [0.2, 0.25) is 0 Å². The highest BCUT2D eigenvalue weighted by Gasteiger charge is 2.29. The quantitative estimate of drug-likeness (QED) is 0.602. The summed E-state index contributed by atoms with van der Waals surface area (Å²) in [5.74, 6) is -0.0394. The average Bonchev–Trinajstić information content (AvgIpc) is 2.58. The van der Waals surface area contributed by atoms with Gasteiger partial charge in [-0.25, -0.2) is 13.1 Å². The van der Waals surface area contributed by atoms with E-state index in [1.54, 1.807) is 6.92 Å². The molecular formula is C10H21N3O3S. The van der Waals surface area contributed by atoms with Crippen LogP contribution in [-0.2, 0) is 14.8 Å². The summed E-state index contributed by atoms with van der Waals surface area (Å²) >= 11 is 0. The van der Waals surface area contributed by atoms with E-state index in [4.69, 9.17) is 5.73 Å². The summed E-state index contributed by atoms with van der Waals surface area (Å²) in [6.07, 6.45) is 3.88. The van der Waals surface area contributed by atoms with Gasteiger partial charge in [-0.05, 0) is 25.7 Å².